The first-order valence-electron chi connectivity index (χ1n) is 8.32. The van der Waals surface area contributed by atoms with Gasteiger partial charge >= 0.3 is 11.8 Å². The minimum Gasteiger partial charge on any atom is -0.350 e. The third-order valence-corrected chi connectivity index (χ3v) is 4.27. The first-order chi connectivity index (χ1) is 13.1. The van der Waals surface area contributed by atoms with Gasteiger partial charge in [0.25, 0.3) is 5.91 Å². The molecule has 0 saturated heterocycles. The van der Waals surface area contributed by atoms with Gasteiger partial charge < -0.3 is 15.2 Å². The van der Waals surface area contributed by atoms with Crippen LogP contribution in [0.15, 0.2) is 55.9 Å². The van der Waals surface area contributed by atoms with E-state index in [4.69, 9.17) is 4.52 Å². The van der Waals surface area contributed by atoms with Crippen LogP contribution in [0.2, 0.25) is 0 Å². The van der Waals surface area contributed by atoms with Crippen LogP contribution in [0.4, 0.5) is 0 Å². The van der Waals surface area contributed by atoms with Gasteiger partial charge in [-0.1, -0.05) is 29.5 Å². The van der Waals surface area contributed by atoms with Gasteiger partial charge in [-0.25, -0.2) is 0 Å². The lowest BCUT2D eigenvalue weighted by molar-refractivity contribution is -0.117. The van der Waals surface area contributed by atoms with Crippen LogP contribution in [-0.4, -0.2) is 41.8 Å². The maximum Gasteiger partial charge on any atom is 0.315 e. The topological polar surface area (TPSA) is 109 Å². The van der Waals surface area contributed by atoms with Gasteiger partial charge in [0.1, 0.15) is 0 Å². The van der Waals surface area contributed by atoms with E-state index in [9.17, 15) is 9.59 Å². The number of aliphatic imine (C=N–C) groups is 1. The molecule has 2 rings (SSSR count). The van der Waals surface area contributed by atoms with E-state index < -0.39 is 5.91 Å². The van der Waals surface area contributed by atoms with Crippen LogP contribution in [0.3, 0.4) is 0 Å². The largest absolute Gasteiger partial charge is 0.350 e. The van der Waals surface area contributed by atoms with Crippen molar-refractivity contribution in [2.75, 3.05) is 13.1 Å². The Morgan fingerprint density at radius 1 is 1.41 bits per heavy atom. The van der Waals surface area contributed by atoms with Crippen LogP contribution >= 0.6 is 11.8 Å². The number of allylic oxidation sites excluding steroid dienone is 4. The molecule has 8 nitrogen and oxygen atoms in total. The van der Waals surface area contributed by atoms with Crippen molar-refractivity contribution in [2.45, 2.75) is 19.8 Å². The first-order valence-corrected chi connectivity index (χ1v) is 9.20. The fourth-order valence-corrected chi connectivity index (χ4v) is 2.90. The Morgan fingerprint density at radius 3 is 2.93 bits per heavy atom. The minimum atomic E-state index is -0.481. The van der Waals surface area contributed by atoms with Crippen molar-refractivity contribution < 1.29 is 14.1 Å². The van der Waals surface area contributed by atoms with Gasteiger partial charge in [-0.3, -0.25) is 14.6 Å². The summed E-state index contributed by atoms with van der Waals surface area (Å²) in [6.45, 7) is 5.59. The highest BCUT2D eigenvalue weighted by Crippen LogP contribution is 2.25. The maximum absolute atomic E-state index is 12.0. The van der Waals surface area contributed by atoms with Crippen molar-refractivity contribution in [1.29, 1.82) is 0 Å². The van der Waals surface area contributed by atoms with E-state index in [1.54, 1.807) is 30.8 Å². The quantitative estimate of drug-likeness (QED) is 0.291. The van der Waals surface area contributed by atoms with Crippen LogP contribution < -0.4 is 10.6 Å². The highest BCUT2D eigenvalue weighted by molar-refractivity contribution is 8.05. The molecule has 0 saturated carbocycles. The highest BCUT2D eigenvalue weighted by Gasteiger charge is 2.16. The molecule has 1 aromatic rings. The molecule has 27 heavy (non-hydrogen) atoms. The van der Waals surface area contributed by atoms with Crippen molar-refractivity contribution in [3.63, 3.8) is 0 Å². The molecule has 1 aliphatic rings. The lowest BCUT2D eigenvalue weighted by Crippen LogP contribution is -2.35. The molecule has 0 bridgehead atoms. The molecule has 2 heterocycles. The van der Waals surface area contributed by atoms with Crippen LogP contribution in [0.1, 0.15) is 29.9 Å². The standard InChI is InChI=1S/C18H21N5O3S/c1-3-6-13(12-19-2)16(24)20-8-9-21-17(25)18-22-15(23-26-18)11-14-7-4-5-10-27-14/h3,5-7,10,12H,2,4,8-9,11H2,1H3,(H,20,24)(H,21,25)/b6-3-,13-12+. The summed E-state index contributed by atoms with van der Waals surface area (Å²) in [5.41, 5.74) is 0.380. The second-order valence-corrected chi connectivity index (χ2v) is 6.40. The Balaban J connectivity index is 1.76. The molecule has 1 aliphatic heterocycles. The van der Waals surface area contributed by atoms with E-state index in [-0.39, 0.29) is 24.9 Å². The van der Waals surface area contributed by atoms with E-state index in [1.807, 2.05) is 5.41 Å². The van der Waals surface area contributed by atoms with E-state index >= 15 is 0 Å². The fraction of sp³-hybridized carbons (Fsp3) is 0.278. The number of carbonyl (C=O) groups excluding carboxylic acids is 2. The third-order valence-electron chi connectivity index (χ3n) is 3.33. The Morgan fingerprint density at radius 2 is 2.22 bits per heavy atom. The third kappa shape index (κ3) is 6.70. The lowest BCUT2D eigenvalue weighted by atomic mass is 10.2. The van der Waals surface area contributed by atoms with Gasteiger partial charge in [-0.15, -0.1) is 11.8 Å². The van der Waals surface area contributed by atoms with Gasteiger partial charge in [-0.05, 0) is 30.4 Å². The number of aromatic nitrogens is 2. The molecule has 0 unspecified atom stereocenters. The predicted octanol–water partition coefficient (Wildman–Crippen LogP) is 2.15. The number of nitrogens with zero attached hydrogens (tertiary/aromatic N) is 3. The molecule has 0 radical (unpaired) electrons. The van der Waals surface area contributed by atoms with Gasteiger partial charge in [0.15, 0.2) is 5.82 Å². The van der Waals surface area contributed by atoms with Gasteiger partial charge in [0.2, 0.25) is 0 Å². The monoisotopic (exact) mass is 387 g/mol. The van der Waals surface area contributed by atoms with E-state index in [1.165, 1.54) is 6.20 Å². The Labute approximate surface area is 161 Å². The summed E-state index contributed by atoms with van der Waals surface area (Å²) in [5.74, 6) is -0.425. The number of amides is 2. The SMILES string of the molecule is C=N/C=C(\C=C/C)C(=O)NCCNC(=O)c1nc(CC2=CCC=CS2)no1. The smallest absolute Gasteiger partial charge is 0.315 e. The summed E-state index contributed by atoms with van der Waals surface area (Å²) in [6.07, 6.45) is 10.3. The van der Waals surface area contributed by atoms with Gasteiger partial charge in [0, 0.05) is 25.7 Å². The summed E-state index contributed by atoms with van der Waals surface area (Å²) in [5, 5.41) is 11.1. The molecular formula is C18H21N5O3S. The van der Waals surface area contributed by atoms with Crippen molar-refractivity contribution in [3.05, 3.63) is 58.1 Å². The Kier molecular flexibility index (Phi) is 8.24. The number of thioether (sulfide) groups is 1. The number of nitrogens with one attached hydrogen (secondary N) is 2. The number of hydrogen-bond donors (Lipinski definition) is 2. The normalized spacial score (nSPS) is 14.1. The molecule has 0 spiro atoms. The number of rotatable bonds is 9. The summed E-state index contributed by atoms with van der Waals surface area (Å²) in [4.78, 5) is 32.8. The summed E-state index contributed by atoms with van der Waals surface area (Å²) >= 11 is 1.60. The van der Waals surface area contributed by atoms with Crippen molar-refractivity contribution >= 4 is 30.3 Å². The van der Waals surface area contributed by atoms with Gasteiger partial charge in [-0.2, -0.15) is 4.98 Å². The molecule has 9 heteroatoms. The van der Waals surface area contributed by atoms with Crippen molar-refractivity contribution in [3.8, 4) is 0 Å². The first kappa shape index (κ1) is 20.4. The molecule has 0 aliphatic carbocycles. The van der Waals surface area contributed by atoms with Crippen LogP contribution in [0.25, 0.3) is 0 Å². The summed E-state index contributed by atoms with van der Waals surface area (Å²) in [7, 11) is 0. The highest BCUT2D eigenvalue weighted by atomic mass is 32.2. The molecule has 0 fully saturated rings. The zero-order chi connectivity index (χ0) is 19.5. The number of carbonyl (C=O) groups is 2. The van der Waals surface area contributed by atoms with Crippen LogP contribution in [0, 0.1) is 0 Å². The average Bonchev–Trinajstić information content (AvgIpc) is 3.14. The average molecular weight is 387 g/mol. The fourth-order valence-electron chi connectivity index (χ4n) is 2.11. The van der Waals surface area contributed by atoms with Crippen LogP contribution in [0.5, 0.6) is 0 Å². The van der Waals surface area contributed by atoms with Crippen LogP contribution in [-0.2, 0) is 11.2 Å². The Hall–Kier alpha value is -2.94. The van der Waals surface area contributed by atoms with Crippen molar-refractivity contribution in [1.82, 2.24) is 20.8 Å². The predicted molar refractivity (Wildman–Crippen MR) is 105 cm³/mol. The molecule has 142 valence electrons. The van der Waals surface area contributed by atoms with E-state index in [0.717, 1.165) is 11.3 Å². The zero-order valence-electron chi connectivity index (χ0n) is 15.0. The maximum atomic E-state index is 12.0. The van der Waals surface area contributed by atoms with Gasteiger partial charge in [0.05, 0.1) is 5.57 Å². The van der Waals surface area contributed by atoms with E-state index in [0.29, 0.717) is 17.8 Å². The molecule has 0 atom stereocenters. The summed E-state index contributed by atoms with van der Waals surface area (Å²) in [6, 6.07) is 0. The van der Waals surface area contributed by atoms with Crippen molar-refractivity contribution in [2.24, 2.45) is 4.99 Å². The summed E-state index contributed by atoms with van der Waals surface area (Å²) < 4.78 is 5.00. The zero-order valence-corrected chi connectivity index (χ0v) is 15.8. The molecule has 1 aromatic heterocycles. The number of hydrogen-bond acceptors (Lipinski definition) is 7. The molecular weight excluding hydrogens is 366 g/mol. The molecule has 2 N–H and O–H groups in total. The second kappa shape index (κ2) is 10.9. The molecule has 2 amide bonds. The van der Waals surface area contributed by atoms with E-state index in [2.05, 4.69) is 44.6 Å². The lowest BCUT2D eigenvalue weighted by Gasteiger charge is -2.06. The molecule has 0 aromatic carbocycles. The Bertz CT molecular complexity index is 808. The minimum absolute atomic E-state index is 0.0985. The second-order valence-electron chi connectivity index (χ2n) is 5.37.